The van der Waals surface area contributed by atoms with Crippen LogP contribution in [0.4, 0.5) is 10.5 Å². The lowest BCUT2D eigenvalue weighted by Crippen LogP contribution is -2.33. The number of rotatable bonds is 4. The van der Waals surface area contributed by atoms with E-state index in [1.54, 1.807) is 12.1 Å². The van der Waals surface area contributed by atoms with E-state index in [1.165, 1.54) is 11.1 Å². The molecule has 0 spiro atoms. The summed E-state index contributed by atoms with van der Waals surface area (Å²) < 4.78 is 0. The number of aromatic hydroxyl groups is 1. The Kier molecular flexibility index (Phi) is 5.27. The van der Waals surface area contributed by atoms with Crippen LogP contribution in [0.2, 0.25) is 0 Å². The van der Waals surface area contributed by atoms with Crippen molar-refractivity contribution in [2.45, 2.75) is 33.1 Å². The number of para-hydroxylation sites is 1. The molecule has 2 aromatic rings. The third kappa shape index (κ3) is 4.13. The normalized spacial score (nSPS) is 16.9. The van der Waals surface area contributed by atoms with Crippen LogP contribution >= 0.6 is 0 Å². The summed E-state index contributed by atoms with van der Waals surface area (Å²) in [6.07, 6.45) is 2.86. The topological polar surface area (TPSA) is 52.6 Å². The van der Waals surface area contributed by atoms with Gasteiger partial charge in [-0.1, -0.05) is 37.3 Å². The number of benzene rings is 2. The van der Waals surface area contributed by atoms with Gasteiger partial charge in [0, 0.05) is 18.8 Å². The number of aryl methyl sites for hydroxylation is 2. The number of hydrogen-bond donors (Lipinski definition) is 2. The number of phenolic OH excluding ortho intramolecular Hbond substituents is 1. The number of nitrogens with zero attached hydrogens (tertiary/aromatic N) is 1. The van der Waals surface area contributed by atoms with E-state index in [4.69, 9.17) is 0 Å². The quantitative estimate of drug-likeness (QED) is 0.870. The number of phenols is 1. The minimum absolute atomic E-state index is 0.00259. The van der Waals surface area contributed by atoms with Gasteiger partial charge in [-0.2, -0.15) is 0 Å². The van der Waals surface area contributed by atoms with Crippen molar-refractivity contribution in [1.29, 1.82) is 0 Å². The number of likely N-dealkylation sites (tertiary alicyclic amines) is 1. The van der Waals surface area contributed by atoms with Crippen molar-refractivity contribution >= 4 is 11.7 Å². The molecule has 4 heteroatoms. The monoisotopic (exact) mass is 338 g/mol. The van der Waals surface area contributed by atoms with Crippen LogP contribution in [0.5, 0.6) is 5.75 Å². The van der Waals surface area contributed by atoms with Gasteiger partial charge in [-0.3, -0.25) is 0 Å². The number of anilines is 1. The second-order valence-electron chi connectivity index (χ2n) is 6.86. The first-order valence-electron chi connectivity index (χ1n) is 8.99. The van der Waals surface area contributed by atoms with Crippen molar-refractivity contribution in [3.63, 3.8) is 0 Å². The first kappa shape index (κ1) is 17.3. The van der Waals surface area contributed by atoms with Gasteiger partial charge in [-0.05, 0) is 60.9 Å². The molecule has 3 rings (SSSR count). The number of carbonyl (C=O) groups is 1. The van der Waals surface area contributed by atoms with Gasteiger partial charge in [0.15, 0.2) is 0 Å². The minimum Gasteiger partial charge on any atom is -0.508 e. The van der Waals surface area contributed by atoms with E-state index in [0.29, 0.717) is 11.7 Å². The van der Waals surface area contributed by atoms with E-state index in [0.717, 1.165) is 43.6 Å². The van der Waals surface area contributed by atoms with Crippen molar-refractivity contribution in [2.75, 3.05) is 18.4 Å². The molecule has 1 unspecified atom stereocenters. The Hall–Kier alpha value is -2.49. The van der Waals surface area contributed by atoms with Crippen LogP contribution in [-0.2, 0) is 12.8 Å². The maximum absolute atomic E-state index is 12.7. The van der Waals surface area contributed by atoms with E-state index < -0.39 is 0 Å². The predicted molar refractivity (Wildman–Crippen MR) is 101 cm³/mol. The average Bonchev–Trinajstić information content (AvgIpc) is 3.07. The summed E-state index contributed by atoms with van der Waals surface area (Å²) in [4.78, 5) is 14.6. The Labute approximate surface area is 149 Å². The van der Waals surface area contributed by atoms with E-state index >= 15 is 0 Å². The first-order valence-corrected chi connectivity index (χ1v) is 8.99. The first-order chi connectivity index (χ1) is 12.1. The maximum atomic E-state index is 12.7. The molecule has 1 saturated heterocycles. The van der Waals surface area contributed by atoms with Gasteiger partial charge in [0.25, 0.3) is 0 Å². The van der Waals surface area contributed by atoms with Gasteiger partial charge in [0.05, 0.1) is 0 Å². The van der Waals surface area contributed by atoms with Crippen LogP contribution in [0.1, 0.15) is 30.0 Å². The summed E-state index contributed by atoms with van der Waals surface area (Å²) in [5.74, 6) is 0.763. The van der Waals surface area contributed by atoms with Crippen molar-refractivity contribution in [1.82, 2.24) is 4.90 Å². The summed E-state index contributed by atoms with van der Waals surface area (Å²) in [5.41, 5.74) is 4.44. The molecule has 25 heavy (non-hydrogen) atoms. The Morgan fingerprint density at radius 3 is 2.72 bits per heavy atom. The molecular weight excluding hydrogens is 312 g/mol. The van der Waals surface area contributed by atoms with E-state index in [-0.39, 0.29) is 6.03 Å². The second-order valence-corrected chi connectivity index (χ2v) is 6.86. The summed E-state index contributed by atoms with van der Waals surface area (Å²) in [7, 11) is 0. The highest BCUT2D eigenvalue weighted by Crippen LogP contribution is 2.25. The van der Waals surface area contributed by atoms with Crippen molar-refractivity contribution in [2.24, 2.45) is 5.92 Å². The third-order valence-corrected chi connectivity index (χ3v) is 5.01. The Morgan fingerprint density at radius 1 is 1.24 bits per heavy atom. The zero-order valence-electron chi connectivity index (χ0n) is 15.0. The van der Waals surface area contributed by atoms with E-state index in [9.17, 15) is 9.90 Å². The Balaban J connectivity index is 1.60. The molecule has 2 amide bonds. The maximum Gasteiger partial charge on any atom is 0.321 e. The van der Waals surface area contributed by atoms with Gasteiger partial charge >= 0.3 is 6.03 Å². The molecule has 1 heterocycles. The fraction of sp³-hybridized carbons (Fsp3) is 0.381. The fourth-order valence-electron chi connectivity index (χ4n) is 3.54. The number of nitrogens with one attached hydrogen (secondary N) is 1. The van der Waals surface area contributed by atoms with Crippen LogP contribution in [0.15, 0.2) is 42.5 Å². The highest BCUT2D eigenvalue weighted by Gasteiger charge is 2.26. The average molecular weight is 338 g/mol. The lowest BCUT2D eigenvalue weighted by atomic mass is 9.99. The molecule has 4 nitrogen and oxygen atoms in total. The minimum atomic E-state index is -0.00259. The smallest absolute Gasteiger partial charge is 0.321 e. The largest absolute Gasteiger partial charge is 0.508 e. The van der Waals surface area contributed by atoms with E-state index in [2.05, 4.69) is 18.3 Å². The predicted octanol–water partition coefficient (Wildman–Crippen LogP) is 4.36. The van der Waals surface area contributed by atoms with Crippen molar-refractivity contribution in [3.05, 3.63) is 59.2 Å². The zero-order chi connectivity index (χ0) is 17.8. The van der Waals surface area contributed by atoms with Gasteiger partial charge in [0.2, 0.25) is 0 Å². The summed E-state index contributed by atoms with van der Waals surface area (Å²) in [6.45, 7) is 5.71. The molecule has 132 valence electrons. The molecular formula is C21H26N2O2. The van der Waals surface area contributed by atoms with Crippen LogP contribution < -0.4 is 5.32 Å². The number of amides is 2. The van der Waals surface area contributed by atoms with Crippen LogP contribution in [0.25, 0.3) is 0 Å². The SMILES string of the molecule is CCc1cccc(C)c1NC(=O)N1CCC(Cc2ccc(O)cc2)C1. The summed E-state index contributed by atoms with van der Waals surface area (Å²) in [6, 6.07) is 13.5. The molecule has 1 atom stereocenters. The lowest BCUT2D eigenvalue weighted by Gasteiger charge is -2.20. The van der Waals surface area contributed by atoms with Gasteiger partial charge < -0.3 is 15.3 Å². The molecule has 1 aliphatic rings. The zero-order valence-corrected chi connectivity index (χ0v) is 15.0. The Bertz CT molecular complexity index is 740. The van der Waals surface area contributed by atoms with Crippen molar-refractivity contribution < 1.29 is 9.90 Å². The molecule has 2 N–H and O–H groups in total. The Morgan fingerprint density at radius 2 is 2.00 bits per heavy atom. The molecule has 0 aliphatic carbocycles. The number of urea groups is 1. The second kappa shape index (κ2) is 7.60. The summed E-state index contributed by atoms with van der Waals surface area (Å²) in [5, 5.41) is 12.5. The number of hydrogen-bond acceptors (Lipinski definition) is 2. The molecule has 0 aromatic heterocycles. The molecule has 2 aromatic carbocycles. The highest BCUT2D eigenvalue weighted by molar-refractivity contribution is 5.91. The van der Waals surface area contributed by atoms with Gasteiger partial charge in [-0.25, -0.2) is 4.79 Å². The molecule has 0 radical (unpaired) electrons. The number of carbonyl (C=O) groups excluding carboxylic acids is 1. The van der Waals surface area contributed by atoms with Gasteiger partial charge in [-0.15, -0.1) is 0 Å². The fourth-order valence-corrected chi connectivity index (χ4v) is 3.54. The van der Waals surface area contributed by atoms with Crippen LogP contribution in [0, 0.1) is 12.8 Å². The molecule has 0 bridgehead atoms. The van der Waals surface area contributed by atoms with E-state index in [1.807, 2.05) is 36.1 Å². The third-order valence-electron chi connectivity index (χ3n) is 5.01. The van der Waals surface area contributed by atoms with Gasteiger partial charge in [0.1, 0.15) is 5.75 Å². The highest BCUT2D eigenvalue weighted by atomic mass is 16.3. The molecule has 1 fully saturated rings. The molecule has 0 saturated carbocycles. The molecule has 1 aliphatic heterocycles. The van der Waals surface area contributed by atoms with Crippen LogP contribution in [-0.4, -0.2) is 29.1 Å². The van der Waals surface area contributed by atoms with Crippen molar-refractivity contribution in [3.8, 4) is 5.75 Å². The van der Waals surface area contributed by atoms with Crippen LogP contribution in [0.3, 0.4) is 0 Å². The standard InChI is InChI=1S/C21H26N2O2/c1-3-18-6-4-5-15(2)20(18)22-21(25)23-12-11-17(14-23)13-16-7-9-19(24)10-8-16/h4-10,17,24H,3,11-14H2,1-2H3,(H,22,25). The summed E-state index contributed by atoms with van der Waals surface area (Å²) >= 11 is 0. The lowest BCUT2D eigenvalue weighted by molar-refractivity contribution is 0.220.